The van der Waals surface area contributed by atoms with Gasteiger partial charge in [-0.3, -0.25) is 10.6 Å². The molecule has 3 N–H and O–H groups in total. The third-order valence-electron chi connectivity index (χ3n) is 0.374. The van der Waals surface area contributed by atoms with Crippen LogP contribution in [0.5, 0.6) is 0 Å². The number of rotatable bonds is 2. The summed E-state index contributed by atoms with van der Waals surface area (Å²) in [6, 6.07) is 0. The van der Waals surface area contributed by atoms with Crippen molar-refractivity contribution in [3.05, 3.63) is 0 Å². The van der Waals surface area contributed by atoms with Gasteiger partial charge in [-0.05, 0) is 11.8 Å². The molecule has 44 valence electrons. The van der Waals surface area contributed by atoms with Gasteiger partial charge in [-0.25, -0.2) is 0 Å². The monoisotopic (exact) mass is 142 g/mol. The lowest BCUT2D eigenvalue weighted by atomic mass is 10.8. The fraction of sp³-hybridized carbons (Fsp3) is 1.00. The molecule has 0 bridgehead atoms. The molecule has 0 radical (unpaired) electrons. The predicted octanol–water partition coefficient (Wildman–Crippen LogP) is 0.749. The summed E-state index contributed by atoms with van der Waals surface area (Å²) in [4.78, 5) is 0. The Morgan fingerprint density at radius 1 is 2.00 bits per heavy atom. The normalized spacial score (nSPS) is 18.7. The van der Waals surface area contributed by atoms with E-state index in [1.54, 1.807) is 6.92 Å². The van der Waals surface area contributed by atoms with Gasteiger partial charge in [0.05, 0.1) is 0 Å². The molecule has 0 saturated heterocycles. The summed E-state index contributed by atoms with van der Waals surface area (Å²) in [5.41, 5.74) is 4.79. The van der Waals surface area contributed by atoms with Crippen LogP contribution >= 0.6 is 6.65 Å². The summed E-state index contributed by atoms with van der Waals surface area (Å²) >= 11 is 4.20. The van der Waals surface area contributed by atoms with Crippen LogP contribution < -0.4 is 10.6 Å². The van der Waals surface area contributed by atoms with E-state index in [2.05, 4.69) is 16.9 Å². The van der Waals surface area contributed by atoms with Crippen molar-refractivity contribution in [2.45, 2.75) is 6.92 Å². The van der Waals surface area contributed by atoms with Gasteiger partial charge >= 0.3 is 0 Å². The molecule has 0 aliphatic heterocycles. The highest BCUT2D eigenvalue weighted by atomic mass is 32.5. The van der Waals surface area contributed by atoms with Crippen molar-refractivity contribution in [1.29, 1.82) is 0 Å². The minimum atomic E-state index is -3.08. The van der Waals surface area contributed by atoms with E-state index in [4.69, 9.17) is 5.50 Å². The Bertz CT molecular complexity index is 89.7. The molecule has 0 aliphatic rings. The second-order valence-corrected chi connectivity index (χ2v) is 4.15. The maximum absolute atomic E-state index is 12.0. The van der Waals surface area contributed by atoms with Gasteiger partial charge in [0.2, 0.25) is 6.65 Å². The predicted molar refractivity (Wildman–Crippen MR) is 33.3 cm³/mol. The summed E-state index contributed by atoms with van der Waals surface area (Å²) in [5, 5.41) is 2.32. The van der Waals surface area contributed by atoms with Gasteiger partial charge in [-0.1, -0.05) is 6.92 Å². The molecule has 7 heavy (non-hydrogen) atoms. The zero-order chi connectivity index (χ0) is 5.91. The summed E-state index contributed by atoms with van der Waals surface area (Å²) in [6.45, 7) is -0.821. The summed E-state index contributed by atoms with van der Waals surface area (Å²) in [7, 11) is 0. The third kappa shape index (κ3) is 6.50. The van der Waals surface area contributed by atoms with E-state index in [1.165, 1.54) is 0 Å². The first-order valence-electron chi connectivity index (χ1n) is 1.89. The number of hydrogen-bond donors (Lipinski definition) is 2. The molecule has 5 heteroatoms. The van der Waals surface area contributed by atoms with Gasteiger partial charge in [-0.15, -0.1) is 0 Å². The first kappa shape index (κ1) is 7.50. The van der Waals surface area contributed by atoms with Crippen LogP contribution in [0.1, 0.15) is 6.92 Å². The second-order valence-electron chi connectivity index (χ2n) is 1.09. The van der Waals surface area contributed by atoms with Crippen LogP contribution in [0.15, 0.2) is 0 Å². The van der Waals surface area contributed by atoms with Gasteiger partial charge in [0.1, 0.15) is 0 Å². The Kier molecular flexibility index (Phi) is 2.92. The molecule has 0 fully saturated rings. The first-order chi connectivity index (χ1) is 3.06. The van der Waals surface area contributed by atoms with E-state index < -0.39 is 6.65 Å². The molecule has 1 unspecified atom stereocenters. The lowest BCUT2D eigenvalue weighted by Gasteiger charge is -2.02. The Balaban J connectivity index is 3.36. The van der Waals surface area contributed by atoms with Gasteiger partial charge in [0.15, 0.2) is 0 Å². The van der Waals surface area contributed by atoms with E-state index in [0.29, 0.717) is 6.54 Å². The van der Waals surface area contributed by atoms with Gasteiger partial charge in [0.25, 0.3) is 0 Å². The zero-order valence-corrected chi connectivity index (χ0v) is 5.73. The topological polar surface area (TPSA) is 38.0 Å². The standard InChI is InChI=1S/C2H8FN2PS/c1-2-5-6(3,4)7/h2H2,1H3,(H3,4,5,7). The van der Waals surface area contributed by atoms with Crippen LogP contribution in [0.4, 0.5) is 4.20 Å². The van der Waals surface area contributed by atoms with E-state index >= 15 is 0 Å². The summed E-state index contributed by atoms with van der Waals surface area (Å²) < 4.78 is 12.0. The van der Waals surface area contributed by atoms with Gasteiger partial charge < -0.3 is 0 Å². The highest BCUT2D eigenvalue weighted by molar-refractivity contribution is 8.10. The van der Waals surface area contributed by atoms with Crippen molar-refractivity contribution < 1.29 is 4.20 Å². The van der Waals surface area contributed by atoms with Crippen molar-refractivity contribution in [3.8, 4) is 0 Å². The fourth-order valence-electron chi connectivity index (χ4n) is 0.216. The molecule has 0 amide bonds. The van der Waals surface area contributed by atoms with Crippen LogP contribution in [0.25, 0.3) is 0 Å². The van der Waals surface area contributed by atoms with Crippen molar-refractivity contribution in [1.82, 2.24) is 5.09 Å². The largest absolute Gasteiger partial charge is 0.266 e. The molecule has 0 aromatic heterocycles. The van der Waals surface area contributed by atoms with Crippen molar-refractivity contribution >= 4 is 18.5 Å². The van der Waals surface area contributed by atoms with E-state index in [1.807, 2.05) is 0 Å². The van der Waals surface area contributed by atoms with Crippen molar-refractivity contribution in [2.24, 2.45) is 5.50 Å². The van der Waals surface area contributed by atoms with Crippen molar-refractivity contribution in [2.75, 3.05) is 6.54 Å². The number of halogens is 1. The lowest BCUT2D eigenvalue weighted by molar-refractivity contribution is 0.832. The Morgan fingerprint density at radius 3 is 2.43 bits per heavy atom. The maximum Gasteiger partial charge on any atom is 0.238 e. The number of nitrogens with two attached hydrogens (primary N) is 1. The Hall–Kier alpha value is 0.500. The Labute approximate surface area is 47.5 Å². The fourth-order valence-corrected chi connectivity index (χ4v) is 1.03. The van der Waals surface area contributed by atoms with Crippen LogP contribution in [0, 0.1) is 0 Å². The molecule has 0 aromatic rings. The molecular formula is C2H8FN2PS. The average molecular weight is 142 g/mol. The lowest BCUT2D eigenvalue weighted by Crippen LogP contribution is -2.10. The molecule has 0 heterocycles. The number of hydrogen-bond acceptors (Lipinski definition) is 1. The quantitative estimate of drug-likeness (QED) is 0.559. The minimum absolute atomic E-state index is 0.504. The molecule has 0 rings (SSSR count). The summed E-state index contributed by atoms with van der Waals surface area (Å²) in [5.74, 6) is 0. The second kappa shape index (κ2) is 2.72. The van der Waals surface area contributed by atoms with Crippen LogP contribution in [-0.4, -0.2) is 6.54 Å². The molecular weight excluding hydrogens is 134 g/mol. The first-order valence-corrected chi connectivity index (χ1v) is 4.66. The third-order valence-corrected chi connectivity index (χ3v) is 1.51. The van der Waals surface area contributed by atoms with E-state index in [0.717, 1.165) is 0 Å². The molecule has 0 spiro atoms. The molecule has 0 aromatic carbocycles. The van der Waals surface area contributed by atoms with Crippen molar-refractivity contribution in [3.63, 3.8) is 0 Å². The van der Waals surface area contributed by atoms with Gasteiger partial charge in [0, 0.05) is 6.54 Å². The molecule has 1 atom stereocenters. The molecule has 0 aliphatic carbocycles. The summed E-state index contributed by atoms with van der Waals surface area (Å²) in [6.07, 6.45) is 0. The Morgan fingerprint density at radius 2 is 2.43 bits per heavy atom. The van der Waals surface area contributed by atoms with Crippen LogP contribution in [0.3, 0.4) is 0 Å². The number of nitrogens with one attached hydrogen (secondary N) is 1. The highest BCUT2D eigenvalue weighted by Crippen LogP contribution is 2.31. The maximum atomic E-state index is 12.0. The molecule has 0 saturated carbocycles. The molecule has 2 nitrogen and oxygen atoms in total. The van der Waals surface area contributed by atoms with Crippen LogP contribution in [-0.2, 0) is 11.8 Å². The smallest absolute Gasteiger partial charge is 0.238 e. The van der Waals surface area contributed by atoms with Gasteiger partial charge in [-0.2, -0.15) is 4.20 Å². The SMILES string of the molecule is CCNP(N)(F)=S. The highest BCUT2D eigenvalue weighted by Gasteiger charge is 2.01. The zero-order valence-electron chi connectivity index (χ0n) is 4.02. The van der Waals surface area contributed by atoms with E-state index in [-0.39, 0.29) is 0 Å². The van der Waals surface area contributed by atoms with E-state index in [9.17, 15) is 4.20 Å². The minimum Gasteiger partial charge on any atom is -0.266 e. The average Bonchev–Trinajstić information content (AvgIpc) is 1.30. The van der Waals surface area contributed by atoms with Crippen LogP contribution in [0.2, 0.25) is 0 Å².